The Morgan fingerprint density at radius 3 is 2.57 bits per heavy atom. The normalized spacial score (nSPS) is 16.9. The van der Waals surface area contributed by atoms with Gasteiger partial charge in [0.25, 0.3) is 0 Å². The van der Waals surface area contributed by atoms with Crippen LogP contribution in [0.4, 0.5) is 5.82 Å². The van der Waals surface area contributed by atoms with Gasteiger partial charge in [0.2, 0.25) is 0 Å². The lowest BCUT2D eigenvalue weighted by Crippen LogP contribution is -2.40. The summed E-state index contributed by atoms with van der Waals surface area (Å²) in [5, 5.41) is 9.16. The summed E-state index contributed by atoms with van der Waals surface area (Å²) < 4.78 is 7.03. The fourth-order valence-electron chi connectivity index (χ4n) is 3.24. The highest BCUT2D eigenvalue weighted by Crippen LogP contribution is 2.26. The minimum absolute atomic E-state index is 0.183. The molecule has 3 N–H and O–H groups in total. The number of anilines is 1. The van der Waals surface area contributed by atoms with Crippen molar-refractivity contribution in [3.63, 3.8) is 0 Å². The third-order valence-corrected chi connectivity index (χ3v) is 4.63. The van der Waals surface area contributed by atoms with E-state index in [1.165, 1.54) is 6.33 Å². The molecule has 1 fully saturated rings. The highest BCUT2D eigenvalue weighted by atomic mass is 16.6. The summed E-state index contributed by atoms with van der Waals surface area (Å²) in [5.41, 5.74) is 6.57. The summed E-state index contributed by atoms with van der Waals surface area (Å²) in [6.45, 7) is 6.73. The number of imidazole rings is 1. The third-order valence-electron chi connectivity index (χ3n) is 4.63. The van der Waals surface area contributed by atoms with Gasteiger partial charge in [-0.2, -0.15) is 0 Å². The van der Waals surface area contributed by atoms with Gasteiger partial charge in [-0.1, -0.05) is 0 Å². The summed E-state index contributed by atoms with van der Waals surface area (Å²) in [4.78, 5) is 38.4. The lowest BCUT2D eigenvalue weighted by atomic mass is 9.97. The molecule has 1 aliphatic heterocycles. The summed E-state index contributed by atoms with van der Waals surface area (Å²) in [5.74, 6) is -0.899. The first-order chi connectivity index (χ1) is 13.2. The molecule has 2 aromatic heterocycles. The number of carboxylic acid groups (broad SMARTS) is 1. The SMILES string of the molecule is CC(C)(C)OC(=O)[C@@H](N)Cn1cnc2c(N3CCC(C(=O)O)CC3)ncnc21. The molecule has 0 saturated carbocycles. The van der Waals surface area contributed by atoms with Crippen LogP contribution in [0.1, 0.15) is 33.6 Å². The Balaban J connectivity index is 1.76. The summed E-state index contributed by atoms with van der Waals surface area (Å²) in [7, 11) is 0. The van der Waals surface area contributed by atoms with Crippen LogP contribution in [0.15, 0.2) is 12.7 Å². The molecule has 0 bridgehead atoms. The van der Waals surface area contributed by atoms with Crippen molar-refractivity contribution in [3.05, 3.63) is 12.7 Å². The molecule has 0 spiro atoms. The average Bonchev–Trinajstić information content (AvgIpc) is 3.03. The van der Waals surface area contributed by atoms with Crippen LogP contribution in [0.3, 0.4) is 0 Å². The van der Waals surface area contributed by atoms with Gasteiger partial charge in [0, 0.05) is 13.1 Å². The van der Waals surface area contributed by atoms with Gasteiger partial charge in [0.05, 0.1) is 18.8 Å². The van der Waals surface area contributed by atoms with Crippen molar-refractivity contribution in [2.24, 2.45) is 11.7 Å². The van der Waals surface area contributed by atoms with Crippen LogP contribution in [0.5, 0.6) is 0 Å². The molecule has 1 aliphatic rings. The van der Waals surface area contributed by atoms with Crippen LogP contribution in [0.2, 0.25) is 0 Å². The largest absolute Gasteiger partial charge is 0.481 e. The van der Waals surface area contributed by atoms with Crippen LogP contribution >= 0.6 is 0 Å². The number of aromatic nitrogens is 4. The van der Waals surface area contributed by atoms with Gasteiger partial charge in [-0.25, -0.2) is 15.0 Å². The average molecular weight is 390 g/mol. The number of ether oxygens (including phenoxy) is 1. The molecule has 0 aliphatic carbocycles. The van der Waals surface area contributed by atoms with E-state index in [-0.39, 0.29) is 12.5 Å². The van der Waals surface area contributed by atoms with Gasteiger partial charge in [0.1, 0.15) is 18.0 Å². The number of hydrogen-bond acceptors (Lipinski definition) is 8. The summed E-state index contributed by atoms with van der Waals surface area (Å²) >= 11 is 0. The molecular weight excluding hydrogens is 364 g/mol. The van der Waals surface area contributed by atoms with E-state index in [2.05, 4.69) is 15.0 Å². The van der Waals surface area contributed by atoms with E-state index in [9.17, 15) is 9.59 Å². The second-order valence-corrected chi connectivity index (χ2v) is 8.01. The lowest BCUT2D eigenvalue weighted by molar-refractivity contribution is -0.156. The fraction of sp³-hybridized carbons (Fsp3) is 0.611. The van der Waals surface area contributed by atoms with E-state index in [0.29, 0.717) is 42.9 Å². The van der Waals surface area contributed by atoms with Crippen LogP contribution in [-0.4, -0.2) is 61.3 Å². The zero-order valence-corrected chi connectivity index (χ0v) is 16.3. The maximum Gasteiger partial charge on any atom is 0.325 e. The second kappa shape index (κ2) is 7.70. The van der Waals surface area contributed by atoms with Crippen LogP contribution in [0.25, 0.3) is 11.2 Å². The Kier molecular flexibility index (Phi) is 5.50. The van der Waals surface area contributed by atoms with Gasteiger partial charge in [-0.15, -0.1) is 0 Å². The second-order valence-electron chi connectivity index (χ2n) is 8.01. The standard InChI is InChI=1S/C18H26N6O4/c1-18(2,3)28-17(27)12(19)8-24-10-22-13-14(20-9-21-15(13)24)23-6-4-11(5-7-23)16(25)26/h9-12H,4-8,19H2,1-3H3,(H,25,26)/t12-/m0/s1. The van der Waals surface area contributed by atoms with Gasteiger partial charge >= 0.3 is 11.9 Å². The first-order valence-electron chi connectivity index (χ1n) is 9.28. The van der Waals surface area contributed by atoms with Crippen molar-refractivity contribution in [1.82, 2.24) is 19.5 Å². The smallest absolute Gasteiger partial charge is 0.325 e. The number of rotatable bonds is 5. The maximum absolute atomic E-state index is 12.2. The number of carbonyl (C=O) groups excluding carboxylic acids is 1. The molecule has 28 heavy (non-hydrogen) atoms. The first kappa shape index (κ1) is 20.0. The quantitative estimate of drug-likeness (QED) is 0.710. The van der Waals surface area contributed by atoms with Gasteiger partial charge < -0.3 is 25.0 Å². The molecule has 2 aromatic rings. The van der Waals surface area contributed by atoms with Crippen molar-refractivity contribution in [2.75, 3.05) is 18.0 Å². The van der Waals surface area contributed by atoms with E-state index >= 15 is 0 Å². The minimum atomic E-state index is -0.846. The molecule has 10 heteroatoms. The maximum atomic E-state index is 12.2. The topological polar surface area (TPSA) is 136 Å². The molecule has 1 saturated heterocycles. The fourth-order valence-corrected chi connectivity index (χ4v) is 3.24. The molecule has 0 radical (unpaired) electrons. The molecule has 0 amide bonds. The molecule has 10 nitrogen and oxygen atoms in total. The van der Waals surface area contributed by atoms with E-state index in [1.807, 2.05) is 4.90 Å². The monoisotopic (exact) mass is 390 g/mol. The van der Waals surface area contributed by atoms with E-state index in [4.69, 9.17) is 15.6 Å². The predicted octanol–water partition coefficient (Wildman–Crippen LogP) is 0.796. The van der Waals surface area contributed by atoms with Gasteiger partial charge in [0.15, 0.2) is 17.0 Å². The van der Waals surface area contributed by atoms with Crippen molar-refractivity contribution >= 4 is 28.9 Å². The number of hydrogen-bond donors (Lipinski definition) is 2. The van der Waals surface area contributed by atoms with Crippen LogP contribution in [-0.2, 0) is 20.9 Å². The number of piperidine rings is 1. The number of carbonyl (C=O) groups is 2. The Morgan fingerprint density at radius 2 is 1.96 bits per heavy atom. The Morgan fingerprint density at radius 1 is 1.29 bits per heavy atom. The van der Waals surface area contributed by atoms with Crippen molar-refractivity contribution in [1.29, 1.82) is 0 Å². The summed E-state index contributed by atoms with van der Waals surface area (Å²) in [6, 6.07) is -0.846. The lowest BCUT2D eigenvalue weighted by Gasteiger charge is -2.30. The van der Waals surface area contributed by atoms with Gasteiger partial charge in [-0.05, 0) is 33.6 Å². The molecule has 3 heterocycles. The first-order valence-corrected chi connectivity index (χ1v) is 9.28. The molecule has 3 rings (SSSR count). The zero-order chi connectivity index (χ0) is 20.5. The molecule has 0 unspecified atom stereocenters. The number of nitrogens with zero attached hydrogens (tertiary/aromatic N) is 5. The summed E-state index contributed by atoms with van der Waals surface area (Å²) in [6.07, 6.45) is 4.14. The van der Waals surface area contributed by atoms with E-state index in [1.54, 1.807) is 31.7 Å². The zero-order valence-electron chi connectivity index (χ0n) is 16.3. The van der Waals surface area contributed by atoms with Gasteiger partial charge in [-0.3, -0.25) is 9.59 Å². The molecule has 0 aromatic carbocycles. The van der Waals surface area contributed by atoms with Crippen LogP contribution in [0, 0.1) is 5.92 Å². The molecular formula is C18H26N6O4. The number of fused-ring (bicyclic) bond motifs is 1. The highest BCUT2D eigenvalue weighted by Gasteiger charge is 2.27. The number of nitrogens with two attached hydrogens (primary N) is 1. The molecule has 1 atom stereocenters. The number of carboxylic acids is 1. The van der Waals surface area contributed by atoms with E-state index in [0.717, 1.165) is 0 Å². The Labute approximate surface area is 162 Å². The predicted molar refractivity (Wildman–Crippen MR) is 102 cm³/mol. The molecule has 152 valence electrons. The highest BCUT2D eigenvalue weighted by molar-refractivity contribution is 5.84. The van der Waals surface area contributed by atoms with Crippen molar-refractivity contribution in [2.45, 2.75) is 51.8 Å². The number of esters is 1. The Bertz CT molecular complexity index is 867. The third kappa shape index (κ3) is 4.38. The van der Waals surface area contributed by atoms with Crippen LogP contribution < -0.4 is 10.6 Å². The Hall–Kier alpha value is -2.75. The van der Waals surface area contributed by atoms with Crippen molar-refractivity contribution in [3.8, 4) is 0 Å². The number of aliphatic carboxylic acids is 1. The van der Waals surface area contributed by atoms with Crippen molar-refractivity contribution < 1.29 is 19.4 Å². The van der Waals surface area contributed by atoms with E-state index < -0.39 is 23.6 Å². The minimum Gasteiger partial charge on any atom is -0.481 e.